The average molecular weight is 391 g/mol. The Balaban J connectivity index is 1.83. The molecule has 0 aromatic heterocycles. The van der Waals surface area contributed by atoms with Crippen LogP contribution in [0.4, 0.5) is 0 Å². The first-order chi connectivity index (χ1) is 12.4. The Kier molecular flexibility index (Phi) is 4.74. The molecule has 0 bridgehead atoms. The maximum atomic E-state index is 5.33. The fourth-order valence-electron chi connectivity index (χ4n) is 3.36. The Morgan fingerprint density at radius 2 is 1.36 bits per heavy atom. The molecule has 25 heavy (non-hydrogen) atoms. The van der Waals surface area contributed by atoms with Crippen LogP contribution in [0.3, 0.4) is 0 Å². The van der Waals surface area contributed by atoms with Gasteiger partial charge in [-0.2, -0.15) is 0 Å². The van der Waals surface area contributed by atoms with E-state index in [4.69, 9.17) is 4.74 Å². The number of allylic oxidation sites excluding steroid dienone is 1. The van der Waals surface area contributed by atoms with E-state index in [0.717, 1.165) is 5.75 Å². The van der Waals surface area contributed by atoms with Gasteiger partial charge in [0.2, 0.25) is 0 Å². The van der Waals surface area contributed by atoms with Crippen molar-refractivity contribution in [2.45, 2.75) is 11.2 Å². The molecule has 1 atom stereocenters. The molecule has 1 unspecified atom stereocenters. The molecule has 1 aliphatic rings. The predicted molar refractivity (Wildman–Crippen MR) is 106 cm³/mol. The van der Waals surface area contributed by atoms with E-state index >= 15 is 0 Å². The van der Waals surface area contributed by atoms with Crippen LogP contribution in [0.2, 0.25) is 5.32 Å². The molecular weight excluding hydrogens is 371 g/mol. The van der Waals surface area contributed by atoms with Crippen LogP contribution < -0.4 is 4.74 Å². The second-order valence-electron chi connectivity index (χ2n) is 6.11. The van der Waals surface area contributed by atoms with E-state index in [2.05, 4.69) is 84.9 Å². The topological polar surface area (TPSA) is 9.23 Å². The fourth-order valence-corrected chi connectivity index (χ4v) is 6.32. The zero-order valence-corrected chi connectivity index (χ0v) is 15.9. The van der Waals surface area contributed by atoms with Gasteiger partial charge in [0.05, 0.1) is 0 Å². The van der Waals surface area contributed by atoms with Crippen LogP contribution in [0, 0.1) is 0 Å². The van der Waals surface area contributed by atoms with Crippen molar-refractivity contribution in [1.82, 2.24) is 0 Å². The summed E-state index contributed by atoms with van der Waals surface area (Å²) in [6.07, 6.45) is 0. The first kappa shape index (κ1) is 16.2. The number of hydrogen-bond acceptors (Lipinski definition) is 1. The van der Waals surface area contributed by atoms with Crippen molar-refractivity contribution in [2.24, 2.45) is 0 Å². The number of hydrogen-bond donors (Lipinski definition) is 0. The SMILES string of the molecule is COc1ccc(C2C[Se]C(c3ccccc3)=C2c2ccccc2)cc1. The zero-order valence-electron chi connectivity index (χ0n) is 14.2. The Hall–Kier alpha value is -2.28. The number of rotatable bonds is 4. The molecule has 0 fully saturated rings. The number of benzene rings is 3. The van der Waals surface area contributed by atoms with Crippen molar-refractivity contribution >= 4 is 25.0 Å². The van der Waals surface area contributed by atoms with E-state index in [1.807, 2.05) is 0 Å². The maximum absolute atomic E-state index is 5.33. The van der Waals surface area contributed by atoms with Gasteiger partial charge in [0.25, 0.3) is 0 Å². The van der Waals surface area contributed by atoms with Crippen LogP contribution in [0.1, 0.15) is 22.6 Å². The van der Waals surface area contributed by atoms with Gasteiger partial charge in [0.15, 0.2) is 0 Å². The van der Waals surface area contributed by atoms with Crippen molar-refractivity contribution < 1.29 is 4.74 Å². The number of ether oxygens (including phenoxy) is 1. The molecule has 0 spiro atoms. The minimum absolute atomic E-state index is 0.462. The summed E-state index contributed by atoms with van der Waals surface area (Å²) >= 11 is 0.483. The molecular formula is C23H20OSe. The van der Waals surface area contributed by atoms with Gasteiger partial charge in [-0.15, -0.1) is 0 Å². The van der Waals surface area contributed by atoms with Crippen molar-refractivity contribution in [3.63, 3.8) is 0 Å². The van der Waals surface area contributed by atoms with E-state index in [0.29, 0.717) is 20.9 Å². The summed E-state index contributed by atoms with van der Waals surface area (Å²) in [5, 5.41) is 1.22. The van der Waals surface area contributed by atoms with Gasteiger partial charge >= 0.3 is 155 Å². The fraction of sp³-hybridized carbons (Fsp3) is 0.130. The van der Waals surface area contributed by atoms with Crippen molar-refractivity contribution in [3.05, 3.63) is 102 Å². The van der Waals surface area contributed by atoms with Crippen LogP contribution in [-0.4, -0.2) is 22.1 Å². The molecule has 0 N–H and O–H groups in total. The second kappa shape index (κ2) is 7.31. The summed E-state index contributed by atoms with van der Waals surface area (Å²) < 4.78 is 6.87. The molecule has 1 heterocycles. The van der Waals surface area contributed by atoms with Gasteiger partial charge in [0.1, 0.15) is 0 Å². The average Bonchev–Trinajstić information content (AvgIpc) is 3.14. The molecule has 0 aliphatic carbocycles. The second-order valence-corrected chi connectivity index (χ2v) is 8.27. The Morgan fingerprint density at radius 1 is 0.760 bits per heavy atom. The third-order valence-corrected chi connectivity index (χ3v) is 7.24. The summed E-state index contributed by atoms with van der Waals surface area (Å²) in [6.45, 7) is 0. The molecule has 3 aromatic rings. The minimum atomic E-state index is 0.462. The van der Waals surface area contributed by atoms with Gasteiger partial charge in [-0.3, -0.25) is 0 Å². The quantitative estimate of drug-likeness (QED) is 0.535. The van der Waals surface area contributed by atoms with Crippen LogP contribution >= 0.6 is 0 Å². The van der Waals surface area contributed by atoms with Crippen LogP contribution in [0.25, 0.3) is 10.0 Å². The summed E-state index contributed by atoms with van der Waals surface area (Å²) in [5.74, 6) is 1.38. The predicted octanol–water partition coefficient (Wildman–Crippen LogP) is 5.48. The normalized spacial score (nSPS) is 16.9. The molecule has 0 radical (unpaired) electrons. The van der Waals surface area contributed by atoms with E-state index in [-0.39, 0.29) is 0 Å². The van der Waals surface area contributed by atoms with Gasteiger partial charge in [0, 0.05) is 0 Å². The summed E-state index contributed by atoms with van der Waals surface area (Å²) in [6, 6.07) is 30.3. The van der Waals surface area contributed by atoms with Crippen LogP contribution in [-0.2, 0) is 0 Å². The van der Waals surface area contributed by atoms with Gasteiger partial charge in [-0.05, 0) is 0 Å². The monoisotopic (exact) mass is 392 g/mol. The molecule has 2 heteroatoms. The van der Waals surface area contributed by atoms with Crippen molar-refractivity contribution in [3.8, 4) is 5.75 Å². The van der Waals surface area contributed by atoms with Crippen LogP contribution in [0.5, 0.6) is 5.75 Å². The molecule has 0 amide bonds. The van der Waals surface area contributed by atoms with E-state index < -0.39 is 0 Å². The van der Waals surface area contributed by atoms with E-state index in [1.165, 1.54) is 27.6 Å². The summed E-state index contributed by atoms with van der Waals surface area (Å²) in [4.78, 5) is 0. The van der Waals surface area contributed by atoms with Gasteiger partial charge in [-0.1, -0.05) is 0 Å². The van der Waals surface area contributed by atoms with E-state index in [1.54, 1.807) is 11.6 Å². The van der Waals surface area contributed by atoms with Crippen molar-refractivity contribution in [2.75, 3.05) is 7.11 Å². The summed E-state index contributed by atoms with van der Waals surface area (Å²) in [7, 11) is 1.72. The third-order valence-electron chi connectivity index (χ3n) is 4.63. The Bertz CT molecular complexity index is 867. The Labute approximate surface area is 155 Å². The van der Waals surface area contributed by atoms with Crippen molar-refractivity contribution in [1.29, 1.82) is 0 Å². The van der Waals surface area contributed by atoms with Crippen LogP contribution in [0.15, 0.2) is 84.9 Å². The Morgan fingerprint density at radius 3 is 1.96 bits per heavy atom. The molecule has 4 rings (SSSR count). The first-order valence-electron chi connectivity index (χ1n) is 8.48. The zero-order chi connectivity index (χ0) is 17.1. The van der Waals surface area contributed by atoms with Gasteiger partial charge in [-0.25, -0.2) is 0 Å². The molecule has 0 saturated heterocycles. The molecule has 1 nitrogen and oxygen atoms in total. The first-order valence-corrected chi connectivity index (χ1v) is 10.6. The van der Waals surface area contributed by atoms with E-state index in [9.17, 15) is 0 Å². The molecule has 3 aromatic carbocycles. The third kappa shape index (κ3) is 3.28. The van der Waals surface area contributed by atoms with Gasteiger partial charge < -0.3 is 0 Å². The number of methoxy groups -OCH3 is 1. The molecule has 124 valence electrons. The summed E-state index contributed by atoms with van der Waals surface area (Å²) in [5.41, 5.74) is 5.60. The molecule has 1 aliphatic heterocycles. The molecule has 0 saturated carbocycles. The standard InChI is InChI=1S/C23H20OSe/c1-24-20-14-12-17(13-15-20)21-16-25-23(19-10-6-3-7-11-19)22(21)18-8-4-2-5-9-18/h2-15,21H,16H2,1H3.